The summed E-state index contributed by atoms with van der Waals surface area (Å²) in [5, 5.41) is 11.8. The van der Waals surface area contributed by atoms with Crippen LogP contribution in [0.25, 0.3) is 0 Å². The normalized spacial score (nSPS) is 19.3. The number of likely N-dealkylation sites (tertiary alicyclic amines) is 1. The molecule has 1 heterocycles. The zero-order valence-corrected chi connectivity index (χ0v) is 12.9. The fourth-order valence-electron chi connectivity index (χ4n) is 2.70. The van der Waals surface area contributed by atoms with Gasteiger partial charge in [0.05, 0.1) is 5.92 Å². The molecule has 2 amide bonds. The molecule has 1 saturated heterocycles. The maximum Gasteiger partial charge on any atom is 0.308 e. The number of rotatable bonds is 8. The van der Waals surface area contributed by atoms with Gasteiger partial charge in [0.15, 0.2) is 0 Å². The van der Waals surface area contributed by atoms with Crippen molar-refractivity contribution < 1.29 is 19.5 Å². The Morgan fingerprint density at radius 3 is 2.57 bits per heavy atom. The lowest BCUT2D eigenvalue weighted by molar-refractivity contribution is -0.143. The minimum atomic E-state index is -0.887. The predicted octanol–water partition coefficient (Wildman–Crippen LogP) is 1.39. The van der Waals surface area contributed by atoms with Crippen molar-refractivity contribution in [2.75, 3.05) is 13.1 Å². The van der Waals surface area contributed by atoms with Crippen LogP contribution in [0.15, 0.2) is 0 Å². The van der Waals surface area contributed by atoms with Crippen molar-refractivity contribution in [3.05, 3.63) is 0 Å². The lowest BCUT2D eigenvalue weighted by atomic mass is 10.0. The van der Waals surface area contributed by atoms with Crippen molar-refractivity contribution in [1.82, 2.24) is 10.2 Å². The third-order valence-corrected chi connectivity index (χ3v) is 3.85. The van der Waals surface area contributed by atoms with Gasteiger partial charge in [0.25, 0.3) is 0 Å². The van der Waals surface area contributed by atoms with Gasteiger partial charge in [-0.25, -0.2) is 0 Å². The quantitative estimate of drug-likeness (QED) is 0.709. The van der Waals surface area contributed by atoms with Crippen LogP contribution in [0.4, 0.5) is 0 Å². The van der Waals surface area contributed by atoms with E-state index in [2.05, 4.69) is 5.32 Å². The highest BCUT2D eigenvalue weighted by molar-refractivity contribution is 5.88. The van der Waals surface area contributed by atoms with Gasteiger partial charge in [-0.2, -0.15) is 0 Å². The van der Waals surface area contributed by atoms with E-state index >= 15 is 0 Å². The number of carbonyl (C=O) groups excluding carboxylic acids is 2. The van der Waals surface area contributed by atoms with Gasteiger partial charge in [0.2, 0.25) is 11.8 Å². The van der Waals surface area contributed by atoms with Gasteiger partial charge in [0.1, 0.15) is 6.04 Å². The highest BCUT2D eigenvalue weighted by Gasteiger charge is 2.33. The smallest absolute Gasteiger partial charge is 0.308 e. The van der Waals surface area contributed by atoms with Gasteiger partial charge in [-0.05, 0) is 25.7 Å². The first kappa shape index (κ1) is 17.5. The van der Waals surface area contributed by atoms with Crippen LogP contribution in [-0.2, 0) is 14.4 Å². The number of hydrogen-bond donors (Lipinski definition) is 2. The van der Waals surface area contributed by atoms with Gasteiger partial charge >= 0.3 is 5.97 Å². The first-order chi connectivity index (χ1) is 10.0. The Hall–Kier alpha value is -1.59. The first-order valence-electron chi connectivity index (χ1n) is 7.81. The van der Waals surface area contributed by atoms with Crippen LogP contribution in [0, 0.1) is 5.92 Å². The van der Waals surface area contributed by atoms with Crippen molar-refractivity contribution in [3.8, 4) is 0 Å². The third-order valence-electron chi connectivity index (χ3n) is 3.85. The molecule has 120 valence electrons. The molecular formula is C15H26N2O4. The van der Waals surface area contributed by atoms with E-state index in [1.807, 2.05) is 13.8 Å². The molecule has 0 aromatic carbocycles. The standard InChI is InChI=1S/C15H26N2O4/c1-3-6-11(15(20)21)10-16-14(19)12-8-5-9-17(12)13(18)7-4-2/h11-12H,3-10H2,1-2H3,(H,16,19)(H,20,21). The Morgan fingerprint density at radius 1 is 1.29 bits per heavy atom. The Bertz CT molecular complexity index is 384. The van der Waals surface area contributed by atoms with Crippen LogP contribution in [-0.4, -0.2) is 46.9 Å². The largest absolute Gasteiger partial charge is 0.481 e. The summed E-state index contributed by atoms with van der Waals surface area (Å²) in [6.45, 7) is 4.60. The molecule has 0 radical (unpaired) electrons. The van der Waals surface area contributed by atoms with E-state index in [1.54, 1.807) is 4.90 Å². The monoisotopic (exact) mass is 298 g/mol. The molecule has 1 aliphatic rings. The minimum Gasteiger partial charge on any atom is -0.481 e. The summed E-state index contributed by atoms with van der Waals surface area (Å²) in [6.07, 6.45) is 4.01. The molecule has 21 heavy (non-hydrogen) atoms. The van der Waals surface area contributed by atoms with Gasteiger partial charge in [-0.3, -0.25) is 14.4 Å². The number of aliphatic carboxylic acids is 1. The molecule has 0 spiro atoms. The average molecular weight is 298 g/mol. The second-order valence-electron chi connectivity index (χ2n) is 5.56. The van der Waals surface area contributed by atoms with E-state index in [9.17, 15) is 14.4 Å². The van der Waals surface area contributed by atoms with Crippen molar-refractivity contribution in [2.24, 2.45) is 5.92 Å². The third kappa shape index (κ3) is 5.02. The molecule has 0 saturated carbocycles. The van der Waals surface area contributed by atoms with Crippen LogP contribution in [0.2, 0.25) is 0 Å². The van der Waals surface area contributed by atoms with E-state index in [1.165, 1.54) is 0 Å². The minimum absolute atomic E-state index is 0.0125. The highest BCUT2D eigenvalue weighted by atomic mass is 16.4. The highest BCUT2D eigenvalue weighted by Crippen LogP contribution is 2.19. The van der Waals surface area contributed by atoms with Crippen molar-refractivity contribution in [1.29, 1.82) is 0 Å². The first-order valence-corrected chi connectivity index (χ1v) is 7.81. The zero-order chi connectivity index (χ0) is 15.8. The van der Waals surface area contributed by atoms with Gasteiger partial charge < -0.3 is 15.3 Å². The second-order valence-corrected chi connectivity index (χ2v) is 5.56. The van der Waals surface area contributed by atoms with E-state index < -0.39 is 17.9 Å². The van der Waals surface area contributed by atoms with E-state index in [-0.39, 0.29) is 18.4 Å². The molecule has 6 heteroatoms. The molecule has 0 bridgehead atoms. The number of amides is 2. The van der Waals surface area contributed by atoms with Crippen LogP contribution < -0.4 is 5.32 Å². The van der Waals surface area contributed by atoms with Crippen LogP contribution in [0.1, 0.15) is 52.4 Å². The summed E-state index contributed by atoms with van der Waals surface area (Å²) in [6, 6.07) is -0.430. The molecular weight excluding hydrogens is 272 g/mol. The maximum atomic E-state index is 12.2. The van der Waals surface area contributed by atoms with E-state index in [4.69, 9.17) is 5.11 Å². The fraction of sp³-hybridized carbons (Fsp3) is 0.800. The molecule has 2 unspecified atom stereocenters. The summed E-state index contributed by atoms with van der Waals surface area (Å²) < 4.78 is 0. The molecule has 1 aliphatic heterocycles. The summed E-state index contributed by atoms with van der Waals surface area (Å²) in [5.41, 5.74) is 0. The lowest BCUT2D eigenvalue weighted by Gasteiger charge is -2.24. The molecule has 6 nitrogen and oxygen atoms in total. The number of nitrogens with one attached hydrogen (secondary N) is 1. The predicted molar refractivity (Wildman–Crippen MR) is 78.7 cm³/mol. The SMILES string of the molecule is CCCC(=O)N1CCCC1C(=O)NCC(CCC)C(=O)O. The number of carboxylic acid groups (broad SMARTS) is 1. The van der Waals surface area contributed by atoms with E-state index in [0.717, 1.165) is 19.3 Å². The number of carbonyl (C=O) groups is 3. The summed E-state index contributed by atoms with van der Waals surface area (Å²) in [4.78, 5) is 36.9. The van der Waals surface area contributed by atoms with Crippen molar-refractivity contribution in [3.63, 3.8) is 0 Å². The summed E-state index contributed by atoms with van der Waals surface area (Å²) in [5.74, 6) is -1.65. The van der Waals surface area contributed by atoms with Gasteiger partial charge in [-0.1, -0.05) is 20.3 Å². The Labute approximate surface area is 125 Å². The molecule has 1 rings (SSSR count). The van der Waals surface area contributed by atoms with Crippen LogP contribution in [0.3, 0.4) is 0 Å². The molecule has 0 aromatic heterocycles. The maximum absolute atomic E-state index is 12.2. The van der Waals surface area contributed by atoms with Crippen LogP contribution in [0.5, 0.6) is 0 Å². The number of carboxylic acids is 1. The molecule has 2 N–H and O–H groups in total. The molecule has 1 fully saturated rings. The van der Waals surface area contributed by atoms with Crippen molar-refractivity contribution >= 4 is 17.8 Å². The lowest BCUT2D eigenvalue weighted by Crippen LogP contribution is -2.47. The van der Waals surface area contributed by atoms with Crippen LogP contribution >= 0.6 is 0 Å². The zero-order valence-electron chi connectivity index (χ0n) is 12.9. The average Bonchev–Trinajstić information content (AvgIpc) is 2.92. The molecule has 2 atom stereocenters. The Morgan fingerprint density at radius 2 is 2.00 bits per heavy atom. The topological polar surface area (TPSA) is 86.7 Å². The Balaban J connectivity index is 2.53. The summed E-state index contributed by atoms with van der Waals surface area (Å²) in [7, 11) is 0. The Kier molecular flexibility index (Phi) is 7.19. The van der Waals surface area contributed by atoms with Crippen molar-refractivity contribution in [2.45, 2.75) is 58.4 Å². The fourth-order valence-corrected chi connectivity index (χ4v) is 2.70. The second kappa shape index (κ2) is 8.64. The number of hydrogen-bond acceptors (Lipinski definition) is 3. The summed E-state index contributed by atoms with van der Waals surface area (Å²) >= 11 is 0. The molecule has 0 aromatic rings. The van der Waals surface area contributed by atoms with E-state index in [0.29, 0.717) is 25.8 Å². The number of nitrogens with zero attached hydrogens (tertiary/aromatic N) is 1. The van der Waals surface area contributed by atoms with Gasteiger partial charge in [-0.15, -0.1) is 0 Å². The van der Waals surface area contributed by atoms with Gasteiger partial charge in [0, 0.05) is 19.5 Å². The molecule has 0 aliphatic carbocycles.